The summed E-state index contributed by atoms with van der Waals surface area (Å²) in [6, 6.07) is 29.2. The van der Waals surface area contributed by atoms with Gasteiger partial charge in [-0.15, -0.1) is 11.8 Å². The Bertz CT molecular complexity index is 6560. The van der Waals surface area contributed by atoms with Crippen molar-refractivity contribution >= 4 is 158 Å². The van der Waals surface area contributed by atoms with E-state index in [1.165, 1.54) is 56.4 Å². The summed E-state index contributed by atoms with van der Waals surface area (Å²) < 4.78 is 76.7. The first kappa shape index (κ1) is 83.6. The van der Waals surface area contributed by atoms with Gasteiger partial charge in [0.2, 0.25) is 35.4 Å². The summed E-state index contributed by atoms with van der Waals surface area (Å²) in [6.07, 6.45) is 2.04. The molecule has 5 atom stereocenters. The van der Waals surface area contributed by atoms with Gasteiger partial charge in [0, 0.05) is 109 Å². The molecule has 14 heterocycles. The summed E-state index contributed by atoms with van der Waals surface area (Å²) in [7, 11) is 0. The smallest absolute Gasteiger partial charge is 0.326 e. The highest BCUT2D eigenvalue weighted by atomic mass is 79.9. The molecule has 0 aliphatic carbocycles. The number of halogens is 7. The third kappa shape index (κ3) is 18.2. The van der Waals surface area contributed by atoms with E-state index < -0.39 is 84.9 Å². The maximum atomic E-state index is 14.5. The first-order chi connectivity index (χ1) is 58.3. The van der Waals surface area contributed by atoms with Crippen LogP contribution in [0.1, 0.15) is 88.1 Å². The molecule has 0 unspecified atom stereocenters. The van der Waals surface area contributed by atoms with E-state index in [1.54, 1.807) is 94.5 Å². The van der Waals surface area contributed by atoms with Crippen molar-refractivity contribution in [2.24, 2.45) is 0 Å². The summed E-state index contributed by atoms with van der Waals surface area (Å²) in [4.78, 5) is 153. The summed E-state index contributed by atoms with van der Waals surface area (Å²) in [5.74, 6) is -1.58. The molecule has 3 N–H and O–H groups in total. The minimum Gasteiger partial charge on any atom is -0.326 e. The molecule has 3 fully saturated rings. The Balaban J connectivity index is 0.000000143. The molecule has 0 radical (unpaired) electrons. The van der Waals surface area contributed by atoms with Crippen LogP contribution in [-0.4, -0.2) is 211 Å². The van der Waals surface area contributed by atoms with Gasteiger partial charge in [0.15, 0.2) is 40.2 Å². The van der Waals surface area contributed by atoms with E-state index in [1.807, 2.05) is 75.5 Å². The van der Waals surface area contributed by atoms with Crippen molar-refractivity contribution in [2.45, 2.75) is 111 Å². The van der Waals surface area contributed by atoms with Crippen LogP contribution in [0.15, 0.2) is 162 Å². The Morgan fingerprint density at radius 3 is 1.41 bits per heavy atom. The van der Waals surface area contributed by atoms with Crippen LogP contribution >= 0.6 is 43.6 Å². The van der Waals surface area contributed by atoms with E-state index in [-0.39, 0.29) is 84.5 Å². The third-order valence-electron chi connectivity index (χ3n) is 20.1. The van der Waals surface area contributed by atoms with Gasteiger partial charge in [0.1, 0.15) is 99.7 Å². The molecule has 6 amide bonds. The number of benzene rings is 3. The lowest BCUT2D eigenvalue weighted by Crippen LogP contribution is -2.45. The van der Waals surface area contributed by atoms with Crippen LogP contribution in [0.5, 0.6) is 0 Å². The fraction of sp³-hybridized carbons (Fsp3) is 0.259. The van der Waals surface area contributed by atoms with Gasteiger partial charge in [-0.25, -0.2) is 52.7 Å². The van der Waals surface area contributed by atoms with Crippen molar-refractivity contribution in [1.82, 2.24) is 103 Å². The molecule has 3 saturated heterocycles. The Morgan fingerprint density at radius 1 is 0.459 bits per heavy atom. The van der Waals surface area contributed by atoms with Gasteiger partial charge < -0.3 is 30.7 Å². The number of nitrogens with zero attached hydrogens (tertiary/aromatic N) is 21. The fourth-order valence-corrected chi connectivity index (χ4v) is 16.3. The molecular weight excluding hydrogens is 1740 g/mol. The molecule has 0 bridgehead atoms. The number of alkyl halides is 5. The zero-order valence-corrected chi connectivity index (χ0v) is 69.3. The zero-order valence-electron chi connectivity index (χ0n) is 65.3. The maximum absolute atomic E-state index is 14.5. The van der Waals surface area contributed by atoms with Crippen LogP contribution in [0.4, 0.5) is 39.4 Å². The largest absolute Gasteiger partial charge is 0.434 e. The maximum Gasteiger partial charge on any atom is 0.434 e. The predicted molar refractivity (Wildman–Crippen MR) is 443 cm³/mol. The van der Waals surface area contributed by atoms with Crippen molar-refractivity contribution in [1.29, 1.82) is 0 Å². The van der Waals surface area contributed by atoms with Crippen LogP contribution in [0.3, 0.4) is 0 Å². The predicted octanol–water partition coefficient (Wildman–Crippen LogP) is 11.3. The molecule has 0 spiro atoms. The molecule has 3 aliphatic rings. The summed E-state index contributed by atoms with van der Waals surface area (Å²) in [6.45, 7) is 8.27. The molecular formula is C81H69Br2F5N24O9S. The number of fused-ring (bicyclic) bond motifs is 5. The molecule has 0 saturated carbocycles. The fourth-order valence-electron chi connectivity index (χ4n) is 14.4. The number of thioether (sulfide) groups is 1. The summed E-state index contributed by atoms with van der Waals surface area (Å²) in [5, 5.41) is 31.3. The Morgan fingerprint density at radius 2 is 0.910 bits per heavy atom. The number of pyridine rings is 3. The third-order valence-corrected chi connectivity index (χ3v) is 22.0. The molecule has 41 heteroatoms. The molecule has 122 heavy (non-hydrogen) atoms. The molecule has 3 aromatic carbocycles. The second kappa shape index (κ2) is 34.7. The van der Waals surface area contributed by atoms with Crippen LogP contribution in [0.25, 0.3) is 77.4 Å². The first-order valence-electron chi connectivity index (χ1n) is 37.6. The molecule has 17 rings (SSSR count). The van der Waals surface area contributed by atoms with Crippen molar-refractivity contribution in [3.8, 4) is 33.4 Å². The quantitative estimate of drug-likeness (QED) is 0.0408. The topological polar surface area (TPSA) is 391 Å². The van der Waals surface area contributed by atoms with Crippen LogP contribution in [0, 0.1) is 20.8 Å². The molecule has 14 aromatic rings. The van der Waals surface area contributed by atoms with E-state index in [2.05, 4.69) is 113 Å². The lowest BCUT2D eigenvalue weighted by atomic mass is 10.0. The number of hydrogen-bond acceptors (Lipinski definition) is 23. The average molecular weight is 1810 g/mol. The molecule has 33 nitrogen and oxygen atoms in total. The first-order valence-corrected chi connectivity index (χ1v) is 40.4. The second-order valence-corrected chi connectivity index (χ2v) is 31.5. The van der Waals surface area contributed by atoms with Gasteiger partial charge in [-0.3, -0.25) is 62.2 Å². The molecule has 11 aromatic heterocycles. The SMILES string of the molecule is CC(=O)c1nn(CC(=O)N2CSC[C@H]2C(=O)Nc2cccc(Br)n2)c2ccc(-c3cnc(C)nc3)cc12.CC(=O)c1nn(CC(=O)N2C[C@H](F)C[C@H]2C(=O)Nc2cccc(Br)n2)c2ccc(-c3ccc4nc(C)nn4c3)cc12.CC(=O)c1nn(CC(=O)N2C[C@H](F)C[C@H]2C(=O)Nc2cncc(C(F)(F)F)n2)c2ccc(-c3cnc4cc(C)nn4c3)cc12. The van der Waals surface area contributed by atoms with Crippen molar-refractivity contribution in [3.05, 3.63) is 202 Å². The van der Waals surface area contributed by atoms with Crippen LogP contribution < -0.4 is 16.0 Å². The number of ketones is 3. The highest BCUT2D eigenvalue weighted by Crippen LogP contribution is 2.35. The number of nitrogens with one attached hydrogen (secondary N) is 3. The molecule has 622 valence electrons. The Kier molecular flexibility index (Phi) is 23.8. The van der Waals surface area contributed by atoms with Crippen molar-refractivity contribution in [3.63, 3.8) is 0 Å². The number of aryl methyl sites for hydroxylation is 3. The van der Waals surface area contributed by atoms with Crippen molar-refractivity contribution in [2.75, 3.05) is 40.7 Å². The Hall–Kier alpha value is -13.4. The normalized spacial score (nSPS) is 16.4. The van der Waals surface area contributed by atoms with Crippen molar-refractivity contribution < 1.29 is 65.1 Å². The number of likely N-dealkylation sites (tertiary alicyclic amines) is 2. The number of carbonyl (C=O) groups excluding carboxylic acids is 9. The number of Topliss-reactive ketones (excluding diaryl/α,β-unsaturated/α-hetero) is 3. The second-order valence-electron chi connectivity index (χ2n) is 28.8. The summed E-state index contributed by atoms with van der Waals surface area (Å²) in [5.41, 5.74) is 7.97. The molecule has 3 aliphatic heterocycles. The number of aromatic nitrogens is 18. The minimum atomic E-state index is -4.79. The lowest BCUT2D eigenvalue weighted by Gasteiger charge is -2.23. The van der Waals surface area contributed by atoms with E-state index in [9.17, 15) is 65.1 Å². The standard InChI is InChI=1S/C28H24BrFN8O3.C28H23F4N9O3.C25H22BrN7O3S/c1-15(39)27-20-10-17(18-7-9-25-31-16(2)34-38(25)12-18)6-8-21(20)37(35-27)14-26(40)36-13-19(30)11-22(36)28(41)33-24-5-3-4-23(29)32-24;1-14-5-24-34-8-17(11-41(24)37-14)16-3-4-20-19(6-16)26(15(2)42)38-40(20)13-25(43)39-12-18(29)7-21(39)27(44)36-23-10-33-9-22(35-23)28(30,31)32;1-14(34)24-18-8-16(17-9-27-15(2)28-10-17)6-7-19(18)33(31-24)11-23(35)32-13-37-12-20(32)25(36)30-22-5-3-4-21(26)29-22/h3-10,12,19,22H,11,13-14H2,1-2H3,(H,32,33,41);3-6,8-11,18,21H,7,12-13H2,1-2H3,(H,35,36,44);3-10,20H,11-13H2,1-2H3,(H,29,30,36)/t19-,22+;18-,21+;20-/m110/s1. The minimum absolute atomic E-state index is 0.101. The number of rotatable bonds is 18. The number of anilines is 3. The monoisotopic (exact) mass is 1810 g/mol. The number of hydrogen-bond donors (Lipinski definition) is 3. The van der Waals surface area contributed by atoms with Crippen LogP contribution in [0.2, 0.25) is 0 Å². The highest BCUT2D eigenvalue weighted by molar-refractivity contribution is 9.10. The van der Waals surface area contributed by atoms with Gasteiger partial charge in [-0.05, 0) is 142 Å². The average Bonchev–Trinajstić information content (AvgIpc) is 1.62. The van der Waals surface area contributed by atoms with Crippen LogP contribution in [-0.2, 0) is 54.6 Å². The number of amides is 6. The highest BCUT2D eigenvalue weighted by Gasteiger charge is 2.43. The zero-order chi connectivity index (χ0) is 86.3. The van der Waals surface area contributed by atoms with E-state index in [0.29, 0.717) is 82.9 Å². The van der Waals surface area contributed by atoms with Gasteiger partial charge >= 0.3 is 6.18 Å². The van der Waals surface area contributed by atoms with Gasteiger partial charge in [-0.2, -0.15) is 38.7 Å². The van der Waals surface area contributed by atoms with Gasteiger partial charge in [-0.1, -0.05) is 30.3 Å². The van der Waals surface area contributed by atoms with E-state index in [4.69, 9.17) is 0 Å². The summed E-state index contributed by atoms with van der Waals surface area (Å²) >= 11 is 8.04. The number of carbonyl (C=O) groups is 9. The van der Waals surface area contributed by atoms with Gasteiger partial charge in [0.05, 0.1) is 53.6 Å². The van der Waals surface area contributed by atoms with E-state index >= 15 is 0 Å². The van der Waals surface area contributed by atoms with Gasteiger partial charge in [0.25, 0.3) is 0 Å². The lowest BCUT2D eigenvalue weighted by molar-refractivity contribution is -0.141. The Labute approximate surface area is 708 Å². The van der Waals surface area contributed by atoms with E-state index in [0.717, 1.165) is 55.8 Å².